The van der Waals surface area contributed by atoms with Crippen LogP contribution < -0.4 is 5.32 Å². The Balaban J connectivity index is 2.51. The quantitative estimate of drug-likeness (QED) is 0.747. The first kappa shape index (κ1) is 16.2. The second kappa shape index (κ2) is 7.65. The molecule has 1 atom stereocenters. The van der Waals surface area contributed by atoms with E-state index in [2.05, 4.69) is 37.3 Å². The topological polar surface area (TPSA) is 39.1 Å². The maximum atomic E-state index is 5.55. The van der Waals surface area contributed by atoms with Crippen LogP contribution >= 0.6 is 0 Å². The van der Waals surface area contributed by atoms with Gasteiger partial charge in [-0.2, -0.15) is 5.10 Å². The lowest BCUT2D eigenvalue weighted by molar-refractivity contribution is 0.00640. The Morgan fingerprint density at radius 3 is 2.74 bits per heavy atom. The van der Waals surface area contributed by atoms with E-state index in [1.165, 1.54) is 5.69 Å². The van der Waals surface area contributed by atoms with Crippen molar-refractivity contribution < 1.29 is 4.74 Å². The molecular weight excluding hydrogens is 238 g/mol. The fourth-order valence-corrected chi connectivity index (χ4v) is 2.27. The van der Waals surface area contributed by atoms with Crippen LogP contribution in [0.15, 0.2) is 12.3 Å². The van der Waals surface area contributed by atoms with Crippen molar-refractivity contribution in [3.05, 3.63) is 18.0 Å². The van der Waals surface area contributed by atoms with Crippen molar-refractivity contribution in [2.75, 3.05) is 13.7 Å². The molecular formula is C15H29N3O. The summed E-state index contributed by atoms with van der Waals surface area (Å²) in [7, 11) is 3.79. The standard InChI is InChI=1S/C15H29N3O/c1-6-10-16-13(12-15(2,3)19-5)7-8-14-9-11-17-18(14)4/h9,11,13,16H,6-8,10,12H2,1-5H3. The lowest BCUT2D eigenvalue weighted by Gasteiger charge is -2.29. The molecule has 0 bridgehead atoms. The average molecular weight is 267 g/mol. The monoisotopic (exact) mass is 267 g/mol. The zero-order valence-electron chi connectivity index (χ0n) is 13.1. The average Bonchev–Trinajstić information content (AvgIpc) is 2.78. The van der Waals surface area contributed by atoms with Gasteiger partial charge in [-0.25, -0.2) is 0 Å². The fourth-order valence-electron chi connectivity index (χ4n) is 2.27. The summed E-state index contributed by atoms with van der Waals surface area (Å²) in [5.41, 5.74) is 1.22. The normalized spacial score (nSPS) is 13.7. The Kier molecular flexibility index (Phi) is 6.52. The molecule has 19 heavy (non-hydrogen) atoms. The van der Waals surface area contributed by atoms with E-state index in [0.29, 0.717) is 6.04 Å². The van der Waals surface area contributed by atoms with Crippen molar-refractivity contribution in [1.29, 1.82) is 0 Å². The van der Waals surface area contributed by atoms with Crippen LogP contribution in [-0.4, -0.2) is 35.1 Å². The highest BCUT2D eigenvalue weighted by Gasteiger charge is 2.22. The summed E-state index contributed by atoms with van der Waals surface area (Å²) in [5, 5.41) is 7.85. The number of rotatable bonds is 9. The molecule has 0 fully saturated rings. The largest absolute Gasteiger partial charge is 0.379 e. The summed E-state index contributed by atoms with van der Waals surface area (Å²) in [6, 6.07) is 2.59. The van der Waals surface area contributed by atoms with E-state index in [-0.39, 0.29) is 5.60 Å². The zero-order valence-corrected chi connectivity index (χ0v) is 13.1. The number of methoxy groups -OCH3 is 1. The molecule has 1 heterocycles. The molecule has 0 aliphatic heterocycles. The van der Waals surface area contributed by atoms with Crippen LogP contribution in [0.4, 0.5) is 0 Å². The molecule has 1 aromatic rings. The lowest BCUT2D eigenvalue weighted by atomic mass is 9.95. The predicted octanol–water partition coefficient (Wildman–Crippen LogP) is 2.54. The number of nitrogens with zero attached hydrogens (tertiary/aromatic N) is 2. The first-order valence-electron chi connectivity index (χ1n) is 7.24. The van der Waals surface area contributed by atoms with E-state index < -0.39 is 0 Å². The summed E-state index contributed by atoms with van der Waals surface area (Å²) in [5.74, 6) is 0. The van der Waals surface area contributed by atoms with Crippen LogP contribution in [0.25, 0.3) is 0 Å². The smallest absolute Gasteiger partial charge is 0.0637 e. The third-order valence-electron chi connectivity index (χ3n) is 3.64. The van der Waals surface area contributed by atoms with Gasteiger partial charge in [0.05, 0.1) is 5.60 Å². The van der Waals surface area contributed by atoms with Gasteiger partial charge in [-0.1, -0.05) is 6.92 Å². The highest BCUT2D eigenvalue weighted by Crippen LogP contribution is 2.18. The molecule has 4 nitrogen and oxygen atoms in total. The number of hydrogen-bond acceptors (Lipinski definition) is 3. The third-order valence-corrected chi connectivity index (χ3v) is 3.64. The second-order valence-corrected chi connectivity index (χ2v) is 5.80. The molecule has 0 aliphatic carbocycles. The summed E-state index contributed by atoms with van der Waals surface area (Å²) in [4.78, 5) is 0. The maximum Gasteiger partial charge on any atom is 0.0637 e. The van der Waals surface area contributed by atoms with Crippen molar-refractivity contribution in [3.63, 3.8) is 0 Å². The molecule has 0 amide bonds. The van der Waals surface area contributed by atoms with Crippen LogP contribution in [-0.2, 0) is 18.2 Å². The zero-order chi connectivity index (χ0) is 14.3. The Morgan fingerprint density at radius 2 is 2.21 bits per heavy atom. The molecule has 0 aliphatic rings. The maximum absolute atomic E-state index is 5.55. The van der Waals surface area contributed by atoms with Crippen LogP contribution in [0, 0.1) is 0 Å². The van der Waals surface area contributed by atoms with Crippen LogP contribution in [0.1, 0.15) is 45.7 Å². The van der Waals surface area contributed by atoms with Crippen molar-refractivity contribution in [1.82, 2.24) is 15.1 Å². The minimum atomic E-state index is -0.0716. The van der Waals surface area contributed by atoms with E-state index >= 15 is 0 Å². The molecule has 1 rings (SSSR count). The van der Waals surface area contributed by atoms with Gasteiger partial charge in [-0.3, -0.25) is 4.68 Å². The van der Waals surface area contributed by atoms with Crippen molar-refractivity contribution in [2.45, 2.75) is 58.1 Å². The van der Waals surface area contributed by atoms with Crippen molar-refractivity contribution in [2.24, 2.45) is 7.05 Å². The Hall–Kier alpha value is -0.870. The molecule has 1 unspecified atom stereocenters. The summed E-state index contributed by atoms with van der Waals surface area (Å²) >= 11 is 0. The summed E-state index contributed by atoms with van der Waals surface area (Å²) in [6.45, 7) is 7.57. The fraction of sp³-hybridized carbons (Fsp3) is 0.800. The minimum Gasteiger partial charge on any atom is -0.379 e. The van der Waals surface area contributed by atoms with Gasteiger partial charge in [-0.05, 0) is 52.1 Å². The SMILES string of the molecule is CCCNC(CCc1ccnn1C)CC(C)(C)OC. The van der Waals surface area contributed by atoms with Gasteiger partial charge in [-0.15, -0.1) is 0 Å². The van der Waals surface area contributed by atoms with E-state index in [4.69, 9.17) is 4.74 Å². The van der Waals surface area contributed by atoms with Crippen LogP contribution in [0.5, 0.6) is 0 Å². The molecule has 4 heteroatoms. The van der Waals surface area contributed by atoms with Gasteiger partial charge in [0.1, 0.15) is 0 Å². The Bertz CT molecular complexity index is 360. The van der Waals surface area contributed by atoms with Crippen LogP contribution in [0.3, 0.4) is 0 Å². The Morgan fingerprint density at radius 1 is 1.47 bits per heavy atom. The first-order chi connectivity index (χ1) is 8.98. The van der Waals surface area contributed by atoms with E-state index in [0.717, 1.165) is 32.2 Å². The highest BCUT2D eigenvalue weighted by atomic mass is 16.5. The minimum absolute atomic E-state index is 0.0716. The first-order valence-corrected chi connectivity index (χ1v) is 7.24. The summed E-state index contributed by atoms with van der Waals surface area (Å²) < 4.78 is 7.51. The molecule has 1 N–H and O–H groups in total. The summed E-state index contributed by atoms with van der Waals surface area (Å²) in [6.07, 6.45) is 6.23. The number of hydrogen-bond donors (Lipinski definition) is 1. The van der Waals surface area contributed by atoms with Crippen molar-refractivity contribution >= 4 is 0 Å². The molecule has 0 spiro atoms. The number of aromatic nitrogens is 2. The highest BCUT2D eigenvalue weighted by molar-refractivity contribution is 5.00. The van der Waals surface area contributed by atoms with Gasteiger partial charge in [0, 0.05) is 32.1 Å². The van der Waals surface area contributed by atoms with Gasteiger partial charge in [0.2, 0.25) is 0 Å². The van der Waals surface area contributed by atoms with Crippen LogP contribution in [0.2, 0.25) is 0 Å². The van der Waals surface area contributed by atoms with Gasteiger partial charge in [0.15, 0.2) is 0 Å². The number of aryl methyl sites for hydroxylation is 2. The molecule has 1 aromatic heterocycles. The number of nitrogens with one attached hydrogen (secondary N) is 1. The van der Waals surface area contributed by atoms with Crippen molar-refractivity contribution in [3.8, 4) is 0 Å². The number of ether oxygens (including phenoxy) is 1. The Labute approximate surface area is 117 Å². The van der Waals surface area contributed by atoms with E-state index in [9.17, 15) is 0 Å². The predicted molar refractivity (Wildman–Crippen MR) is 79.3 cm³/mol. The molecule has 110 valence electrons. The van der Waals surface area contributed by atoms with Gasteiger partial charge < -0.3 is 10.1 Å². The van der Waals surface area contributed by atoms with E-state index in [1.807, 2.05) is 17.9 Å². The molecule has 0 radical (unpaired) electrons. The molecule has 0 saturated heterocycles. The molecule has 0 aromatic carbocycles. The lowest BCUT2D eigenvalue weighted by Crippen LogP contribution is -2.38. The van der Waals surface area contributed by atoms with Gasteiger partial charge >= 0.3 is 0 Å². The van der Waals surface area contributed by atoms with Gasteiger partial charge in [0.25, 0.3) is 0 Å². The van der Waals surface area contributed by atoms with E-state index in [1.54, 1.807) is 7.11 Å². The second-order valence-electron chi connectivity index (χ2n) is 5.80. The molecule has 0 saturated carbocycles. The third kappa shape index (κ3) is 5.74.